The maximum Gasteiger partial charge on any atom is 0.306 e. The summed E-state index contributed by atoms with van der Waals surface area (Å²) in [6.45, 7) is 4.23. The quantitative estimate of drug-likeness (QED) is 0.881. The summed E-state index contributed by atoms with van der Waals surface area (Å²) >= 11 is 0. The topological polar surface area (TPSA) is 70.5 Å². The summed E-state index contributed by atoms with van der Waals surface area (Å²) in [6.07, 6.45) is 2.62. The Morgan fingerprint density at radius 2 is 2.21 bits per heavy atom. The molecule has 19 heavy (non-hydrogen) atoms. The second-order valence-corrected chi connectivity index (χ2v) is 5.08. The van der Waals surface area contributed by atoms with Crippen LogP contribution in [0.3, 0.4) is 0 Å². The number of amides is 1. The van der Waals surface area contributed by atoms with Crippen molar-refractivity contribution < 1.29 is 14.7 Å². The number of piperidine rings is 1. The van der Waals surface area contributed by atoms with Crippen LogP contribution in [0.15, 0.2) is 18.3 Å². The van der Waals surface area contributed by atoms with Crippen molar-refractivity contribution in [3.63, 3.8) is 0 Å². The van der Waals surface area contributed by atoms with E-state index in [9.17, 15) is 9.59 Å². The van der Waals surface area contributed by atoms with Crippen LogP contribution in [0.5, 0.6) is 0 Å². The van der Waals surface area contributed by atoms with E-state index in [1.54, 1.807) is 17.2 Å². The first-order valence-electron chi connectivity index (χ1n) is 6.46. The van der Waals surface area contributed by atoms with Crippen molar-refractivity contribution in [2.24, 2.45) is 5.92 Å². The summed E-state index contributed by atoms with van der Waals surface area (Å²) in [5, 5.41) is 9.03. The number of carboxylic acids is 1. The Labute approximate surface area is 112 Å². The number of likely N-dealkylation sites (tertiary alicyclic amines) is 1. The fraction of sp³-hybridized carbons (Fsp3) is 0.500. The molecule has 1 aromatic rings. The number of nitrogens with zero attached hydrogens (tertiary/aromatic N) is 2. The predicted octanol–water partition coefficient (Wildman–Crippen LogP) is 1.72. The number of hydrogen-bond donors (Lipinski definition) is 1. The molecular weight excluding hydrogens is 244 g/mol. The van der Waals surface area contributed by atoms with E-state index in [1.165, 1.54) is 0 Å². The van der Waals surface area contributed by atoms with Crippen molar-refractivity contribution in [1.82, 2.24) is 9.88 Å². The van der Waals surface area contributed by atoms with E-state index in [4.69, 9.17) is 5.11 Å². The molecule has 2 unspecified atom stereocenters. The average Bonchev–Trinajstić information content (AvgIpc) is 2.38. The molecule has 1 saturated heterocycles. The highest BCUT2D eigenvalue weighted by atomic mass is 16.4. The van der Waals surface area contributed by atoms with Crippen LogP contribution < -0.4 is 0 Å². The molecule has 0 saturated carbocycles. The van der Waals surface area contributed by atoms with Gasteiger partial charge >= 0.3 is 5.97 Å². The third-order valence-corrected chi connectivity index (χ3v) is 3.70. The maximum absolute atomic E-state index is 12.4. The molecule has 1 aliphatic rings. The first-order valence-corrected chi connectivity index (χ1v) is 6.46. The second-order valence-electron chi connectivity index (χ2n) is 5.08. The van der Waals surface area contributed by atoms with Gasteiger partial charge in [0.05, 0.1) is 5.92 Å². The molecule has 2 atom stereocenters. The third kappa shape index (κ3) is 2.75. The molecule has 2 rings (SSSR count). The molecule has 1 fully saturated rings. The molecule has 0 bridgehead atoms. The van der Waals surface area contributed by atoms with Crippen LogP contribution in [0.25, 0.3) is 0 Å². The van der Waals surface area contributed by atoms with E-state index >= 15 is 0 Å². The number of carboxylic acid groups (broad SMARTS) is 1. The van der Waals surface area contributed by atoms with E-state index in [-0.39, 0.29) is 17.9 Å². The highest BCUT2D eigenvalue weighted by Gasteiger charge is 2.33. The van der Waals surface area contributed by atoms with E-state index in [1.807, 2.05) is 19.9 Å². The molecule has 0 aromatic carbocycles. The van der Waals surface area contributed by atoms with Gasteiger partial charge in [-0.1, -0.05) is 6.07 Å². The van der Waals surface area contributed by atoms with Gasteiger partial charge < -0.3 is 10.0 Å². The monoisotopic (exact) mass is 262 g/mol. The zero-order chi connectivity index (χ0) is 14.0. The minimum Gasteiger partial charge on any atom is -0.481 e. The first-order chi connectivity index (χ1) is 9.00. The van der Waals surface area contributed by atoms with Gasteiger partial charge in [-0.25, -0.2) is 0 Å². The molecule has 0 aliphatic carbocycles. The Bertz CT molecular complexity index is 501. The minimum atomic E-state index is -0.770. The molecule has 1 N–H and O–H groups in total. The van der Waals surface area contributed by atoms with Gasteiger partial charge in [0.25, 0.3) is 5.91 Å². The lowest BCUT2D eigenvalue weighted by atomic mass is 9.91. The van der Waals surface area contributed by atoms with E-state index in [0.717, 1.165) is 5.56 Å². The van der Waals surface area contributed by atoms with Crippen LogP contribution in [0.2, 0.25) is 0 Å². The van der Waals surface area contributed by atoms with Gasteiger partial charge in [0.1, 0.15) is 5.69 Å². The Hall–Kier alpha value is -1.91. The van der Waals surface area contributed by atoms with Crippen LogP contribution in [0.4, 0.5) is 0 Å². The second kappa shape index (κ2) is 5.38. The van der Waals surface area contributed by atoms with Gasteiger partial charge in [-0.05, 0) is 38.3 Å². The normalized spacial score (nSPS) is 23.2. The van der Waals surface area contributed by atoms with Gasteiger partial charge in [0.2, 0.25) is 0 Å². The third-order valence-electron chi connectivity index (χ3n) is 3.70. The summed E-state index contributed by atoms with van der Waals surface area (Å²) in [5.41, 5.74) is 1.31. The molecule has 0 spiro atoms. The minimum absolute atomic E-state index is 0.0660. The summed E-state index contributed by atoms with van der Waals surface area (Å²) < 4.78 is 0. The van der Waals surface area contributed by atoms with Crippen LogP contribution >= 0.6 is 0 Å². The SMILES string of the molecule is Cc1cccnc1C(=O)N1CCC(C(=O)O)CC1C. The fourth-order valence-electron chi connectivity index (χ4n) is 2.54. The van der Waals surface area contributed by atoms with Gasteiger partial charge in [-0.3, -0.25) is 14.6 Å². The van der Waals surface area contributed by atoms with Crippen molar-refractivity contribution >= 4 is 11.9 Å². The molecule has 1 aromatic heterocycles. The van der Waals surface area contributed by atoms with E-state index in [0.29, 0.717) is 25.1 Å². The van der Waals surface area contributed by atoms with Crippen LogP contribution in [-0.4, -0.2) is 39.5 Å². The number of aliphatic carboxylic acids is 1. The van der Waals surface area contributed by atoms with Crippen molar-refractivity contribution in [2.45, 2.75) is 32.7 Å². The van der Waals surface area contributed by atoms with Gasteiger partial charge in [0, 0.05) is 18.8 Å². The van der Waals surface area contributed by atoms with Gasteiger partial charge in [-0.15, -0.1) is 0 Å². The summed E-state index contributed by atoms with van der Waals surface area (Å²) in [7, 11) is 0. The molecule has 5 nitrogen and oxygen atoms in total. The van der Waals surface area contributed by atoms with Crippen LogP contribution in [-0.2, 0) is 4.79 Å². The van der Waals surface area contributed by atoms with Crippen molar-refractivity contribution in [1.29, 1.82) is 0 Å². The average molecular weight is 262 g/mol. The van der Waals surface area contributed by atoms with Crippen molar-refractivity contribution in [3.8, 4) is 0 Å². The van der Waals surface area contributed by atoms with Crippen molar-refractivity contribution in [3.05, 3.63) is 29.6 Å². The number of aryl methyl sites for hydroxylation is 1. The molecular formula is C14H18N2O3. The van der Waals surface area contributed by atoms with Crippen LogP contribution in [0, 0.1) is 12.8 Å². The number of hydrogen-bond acceptors (Lipinski definition) is 3. The molecule has 102 valence electrons. The lowest BCUT2D eigenvalue weighted by Crippen LogP contribution is -2.46. The van der Waals surface area contributed by atoms with E-state index < -0.39 is 5.97 Å². The summed E-state index contributed by atoms with van der Waals surface area (Å²) in [5.74, 6) is -1.22. The maximum atomic E-state index is 12.4. The predicted molar refractivity (Wildman–Crippen MR) is 69.8 cm³/mol. The largest absolute Gasteiger partial charge is 0.481 e. The molecule has 5 heteroatoms. The standard InChI is InChI=1S/C14H18N2O3/c1-9-4-3-6-15-12(9)13(17)16-7-5-11(14(18)19)8-10(16)2/h3-4,6,10-11H,5,7-8H2,1-2H3,(H,18,19). The molecule has 2 heterocycles. The highest BCUT2D eigenvalue weighted by molar-refractivity contribution is 5.94. The lowest BCUT2D eigenvalue weighted by molar-refractivity contribution is -0.143. The zero-order valence-electron chi connectivity index (χ0n) is 11.2. The Morgan fingerprint density at radius 3 is 2.79 bits per heavy atom. The Morgan fingerprint density at radius 1 is 1.47 bits per heavy atom. The van der Waals surface area contributed by atoms with E-state index in [2.05, 4.69) is 4.98 Å². The lowest BCUT2D eigenvalue weighted by Gasteiger charge is -2.36. The first kappa shape index (κ1) is 13.5. The van der Waals surface area contributed by atoms with Crippen LogP contribution in [0.1, 0.15) is 35.8 Å². The molecule has 1 aliphatic heterocycles. The summed E-state index contributed by atoms with van der Waals surface area (Å²) in [6, 6.07) is 3.59. The smallest absolute Gasteiger partial charge is 0.306 e. The Kier molecular flexibility index (Phi) is 3.83. The molecule has 1 amide bonds. The summed E-state index contributed by atoms with van der Waals surface area (Å²) in [4.78, 5) is 29.3. The number of aromatic nitrogens is 1. The zero-order valence-corrected chi connectivity index (χ0v) is 11.2. The molecule has 0 radical (unpaired) electrons. The van der Waals surface area contributed by atoms with Gasteiger partial charge in [0.15, 0.2) is 0 Å². The number of rotatable bonds is 2. The fourth-order valence-corrected chi connectivity index (χ4v) is 2.54. The number of pyridine rings is 1. The van der Waals surface area contributed by atoms with Gasteiger partial charge in [-0.2, -0.15) is 0 Å². The number of carbonyl (C=O) groups is 2. The Balaban J connectivity index is 2.13. The van der Waals surface area contributed by atoms with Crippen molar-refractivity contribution in [2.75, 3.05) is 6.54 Å². The number of carbonyl (C=O) groups excluding carboxylic acids is 1. The highest BCUT2D eigenvalue weighted by Crippen LogP contribution is 2.24.